The van der Waals surface area contributed by atoms with Crippen LogP contribution in [0.5, 0.6) is 5.75 Å². The van der Waals surface area contributed by atoms with E-state index >= 15 is 0 Å². The van der Waals surface area contributed by atoms with Crippen LogP contribution in [0.3, 0.4) is 0 Å². The van der Waals surface area contributed by atoms with Crippen molar-refractivity contribution in [2.24, 2.45) is 0 Å². The number of aliphatic hydroxyl groups excluding tert-OH is 1. The predicted molar refractivity (Wildman–Crippen MR) is 151 cm³/mol. The molecule has 3 aromatic rings. The molecule has 2 aromatic carbocycles. The van der Waals surface area contributed by atoms with Gasteiger partial charge in [-0.3, -0.25) is 4.79 Å². The Morgan fingerprint density at radius 2 is 2.05 bits per heavy atom. The molecule has 1 saturated carbocycles. The third-order valence-corrected chi connectivity index (χ3v) is 8.02. The van der Waals surface area contributed by atoms with E-state index in [0.717, 1.165) is 47.0 Å². The SMILES string of the molecule is CCOC(=O)c1cn(CC(=O)N[C@@H](Cc2ccccc2)[C@H](O)CN[C@H]2CC3(CCC3)Oc3ccc(Br)cc32)nn1. The Bertz CT molecular complexity index is 1330. The summed E-state index contributed by atoms with van der Waals surface area (Å²) in [4.78, 5) is 24.9. The quantitative estimate of drug-likeness (QED) is 0.282. The predicted octanol–water partition coefficient (Wildman–Crippen LogP) is 3.34. The van der Waals surface area contributed by atoms with Crippen molar-refractivity contribution in [3.63, 3.8) is 0 Å². The van der Waals surface area contributed by atoms with E-state index in [1.165, 1.54) is 10.9 Å². The molecule has 5 rings (SSSR count). The maximum atomic E-state index is 13.0. The minimum Gasteiger partial charge on any atom is -0.487 e. The van der Waals surface area contributed by atoms with Gasteiger partial charge in [0, 0.05) is 29.0 Å². The molecule has 3 atom stereocenters. The first-order chi connectivity index (χ1) is 19.3. The number of nitrogens with one attached hydrogen (secondary N) is 2. The van der Waals surface area contributed by atoms with Gasteiger partial charge in [0.15, 0.2) is 5.69 Å². The van der Waals surface area contributed by atoms with Gasteiger partial charge in [0.2, 0.25) is 5.91 Å². The highest BCUT2D eigenvalue weighted by Crippen LogP contribution is 2.49. The number of fused-ring (bicyclic) bond motifs is 1. The number of aliphatic hydroxyl groups is 1. The maximum Gasteiger partial charge on any atom is 0.360 e. The zero-order valence-corrected chi connectivity index (χ0v) is 24.0. The molecule has 10 nitrogen and oxygen atoms in total. The summed E-state index contributed by atoms with van der Waals surface area (Å²) in [5, 5.41) is 25.5. The van der Waals surface area contributed by atoms with Crippen LogP contribution < -0.4 is 15.4 Å². The van der Waals surface area contributed by atoms with Crippen molar-refractivity contribution in [3.8, 4) is 5.75 Å². The summed E-state index contributed by atoms with van der Waals surface area (Å²) in [6, 6.07) is 15.2. The lowest BCUT2D eigenvalue weighted by Crippen LogP contribution is -2.52. The minimum atomic E-state index is -0.870. The van der Waals surface area contributed by atoms with Gasteiger partial charge in [0.05, 0.1) is 24.9 Å². The maximum absolute atomic E-state index is 13.0. The lowest BCUT2D eigenvalue weighted by Gasteiger charge is -2.48. The molecule has 212 valence electrons. The average Bonchev–Trinajstić information content (AvgIpc) is 3.39. The number of halogens is 1. The summed E-state index contributed by atoms with van der Waals surface area (Å²) in [6.45, 7) is 2.05. The molecule has 1 aromatic heterocycles. The van der Waals surface area contributed by atoms with E-state index in [1.54, 1.807) is 6.92 Å². The number of esters is 1. The molecular weight excluding hydrogens is 578 g/mol. The van der Waals surface area contributed by atoms with Crippen molar-refractivity contribution < 1.29 is 24.2 Å². The summed E-state index contributed by atoms with van der Waals surface area (Å²) in [5.41, 5.74) is 1.94. The van der Waals surface area contributed by atoms with Crippen LogP contribution in [0.2, 0.25) is 0 Å². The summed E-state index contributed by atoms with van der Waals surface area (Å²) >= 11 is 3.57. The topological polar surface area (TPSA) is 128 Å². The molecule has 0 saturated heterocycles. The number of ether oxygens (including phenoxy) is 2. The zero-order chi connectivity index (χ0) is 28.1. The number of amides is 1. The molecule has 1 fully saturated rings. The molecule has 1 aliphatic heterocycles. The van der Waals surface area contributed by atoms with Gasteiger partial charge in [-0.2, -0.15) is 0 Å². The highest BCUT2D eigenvalue weighted by Gasteiger charge is 2.45. The number of carbonyl (C=O) groups excluding carboxylic acids is 2. The molecule has 2 aliphatic rings. The molecule has 3 N–H and O–H groups in total. The monoisotopic (exact) mass is 611 g/mol. The number of hydrogen-bond acceptors (Lipinski definition) is 8. The van der Waals surface area contributed by atoms with Crippen LogP contribution >= 0.6 is 15.9 Å². The number of carbonyl (C=O) groups is 2. The normalized spacial score (nSPS) is 18.6. The number of aromatic nitrogens is 3. The summed E-state index contributed by atoms with van der Waals surface area (Å²) in [7, 11) is 0. The molecule has 40 heavy (non-hydrogen) atoms. The third kappa shape index (κ3) is 6.71. The average molecular weight is 613 g/mol. The van der Waals surface area contributed by atoms with Crippen molar-refractivity contribution >= 4 is 27.8 Å². The van der Waals surface area contributed by atoms with E-state index in [4.69, 9.17) is 9.47 Å². The fourth-order valence-corrected chi connectivity index (χ4v) is 5.71. The number of benzene rings is 2. The fraction of sp³-hybridized carbons (Fsp3) is 0.448. The van der Waals surface area contributed by atoms with E-state index in [1.807, 2.05) is 42.5 Å². The second kappa shape index (κ2) is 12.5. The molecular formula is C29H34BrN5O5. The molecule has 0 radical (unpaired) electrons. The van der Waals surface area contributed by atoms with Crippen LogP contribution in [0.4, 0.5) is 0 Å². The number of nitrogens with zero attached hydrogens (tertiary/aromatic N) is 3. The molecule has 0 bridgehead atoms. The standard InChI is InChI=1S/C29H34BrN5O5/c1-2-39-28(38)24-17-35(34-33-24)18-27(37)32-22(13-19-7-4-3-5-8-19)25(36)16-31-23-15-29(11-6-12-29)40-26-10-9-20(30)14-21(23)26/h3-5,7-10,14,17,22-23,25,31,36H,2,6,11-13,15-16,18H2,1H3,(H,32,37)/t22-,23-,25+/m0/s1. The van der Waals surface area contributed by atoms with Crippen molar-refractivity contribution in [2.75, 3.05) is 13.2 Å². The van der Waals surface area contributed by atoms with Crippen molar-refractivity contribution in [3.05, 3.63) is 76.0 Å². The molecule has 2 heterocycles. The van der Waals surface area contributed by atoms with Gasteiger partial charge in [0.25, 0.3) is 0 Å². The second-order valence-corrected chi connectivity index (χ2v) is 11.4. The van der Waals surface area contributed by atoms with E-state index in [9.17, 15) is 14.7 Å². The van der Waals surface area contributed by atoms with Gasteiger partial charge in [-0.05, 0) is 56.4 Å². The largest absolute Gasteiger partial charge is 0.487 e. The lowest BCUT2D eigenvalue weighted by molar-refractivity contribution is -0.123. The van der Waals surface area contributed by atoms with Crippen LogP contribution in [0.1, 0.15) is 60.3 Å². The molecule has 1 spiro atoms. The van der Waals surface area contributed by atoms with Gasteiger partial charge in [0.1, 0.15) is 17.9 Å². The molecule has 1 amide bonds. The molecule has 1 aliphatic carbocycles. The Labute approximate surface area is 241 Å². The summed E-state index contributed by atoms with van der Waals surface area (Å²) < 4.78 is 13.6. The van der Waals surface area contributed by atoms with Crippen LogP contribution in [0.25, 0.3) is 0 Å². The van der Waals surface area contributed by atoms with Gasteiger partial charge in [-0.25, -0.2) is 9.48 Å². The van der Waals surface area contributed by atoms with Gasteiger partial charge < -0.3 is 25.2 Å². The Balaban J connectivity index is 1.26. The Morgan fingerprint density at radius 1 is 1.25 bits per heavy atom. The number of rotatable bonds is 11. The van der Waals surface area contributed by atoms with Crippen LogP contribution in [-0.2, 0) is 22.5 Å². The van der Waals surface area contributed by atoms with Gasteiger partial charge >= 0.3 is 5.97 Å². The summed E-state index contributed by atoms with van der Waals surface area (Å²) in [5.74, 6) is -0.0673. The minimum absolute atomic E-state index is 0.0146. The zero-order valence-electron chi connectivity index (χ0n) is 22.4. The lowest BCUT2D eigenvalue weighted by atomic mass is 9.73. The molecule has 11 heteroatoms. The van der Waals surface area contributed by atoms with E-state index in [0.29, 0.717) is 6.42 Å². The van der Waals surface area contributed by atoms with Crippen LogP contribution in [0, 0.1) is 0 Å². The first-order valence-corrected chi connectivity index (χ1v) is 14.4. The highest BCUT2D eigenvalue weighted by molar-refractivity contribution is 9.10. The highest BCUT2D eigenvalue weighted by atomic mass is 79.9. The second-order valence-electron chi connectivity index (χ2n) is 10.4. The Hall–Kier alpha value is -3.28. The first kappa shape index (κ1) is 28.3. The van der Waals surface area contributed by atoms with Crippen molar-refractivity contribution in [1.29, 1.82) is 0 Å². The van der Waals surface area contributed by atoms with Gasteiger partial charge in [-0.15, -0.1) is 5.10 Å². The van der Waals surface area contributed by atoms with E-state index in [-0.39, 0.29) is 42.9 Å². The summed E-state index contributed by atoms with van der Waals surface area (Å²) in [6.07, 6.45) is 4.98. The third-order valence-electron chi connectivity index (χ3n) is 7.53. The van der Waals surface area contributed by atoms with E-state index < -0.39 is 18.1 Å². The van der Waals surface area contributed by atoms with Crippen molar-refractivity contribution in [2.45, 2.75) is 69.4 Å². The first-order valence-electron chi connectivity index (χ1n) is 13.6. The molecule has 0 unspecified atom stereocenters. The number of hydrogen-bond donors (Lipinski definition) is 3. The Kier molecular flexibility index (Phi) is 8.82. The Morgan fingerprint density at radius 3 is 2.77 bits per heavy atom. The van der Waals surface area contributed by atoms with Crippen LogP contribution in [-0.4, -0.2) is 62.9 Å². The van der Waals surface area contributed by atoms with Gasteiger partial charge in [-0.1, -0.05) is 51.5 Å². The van der Waals surface area contributed by atoms with Crippen molar-refractivity contribution in [1.82, 2.24) is 25.6 Å². The van der Waals surface area contributed by atoms with Crippen LogP contribution in [0.15, 0.2) is 59.2 Å². The van der Waals surface area contributed by atoms with E-state index in [2.05, 4.69) is 42.9 Å². The fourth-order valence-electron chi connectivity index (χ4n) is 5.33. The smallest absolute Gasteiger partial charge is 0.360 e.